The van der Waals surface area contributed by atoms with Crippen LogP contribution in [0.4, 0.5) is 0 Å². The summed E-state index contributed by atoms with van der Waals surface area (Å²) in [4.78, 5) is 12.4. The van der Waals surface area contributed by atoms with Crippen LogP contribution in [0.15, 0.2) is 12.2 Å². The van der Waals surface area contributed by atoms with E-state index in [2.05, 4.69) is 6.58 Å². The fourth-order valence-corrected chi connectivity index (χ4v) is 2.63. The molecule has 0 aliphatic heterocycles. The van der Waals surface area contributed by atoms with Gasteiger partial charge >= 0.3 is 0 Å². The summed E-state index contributed by atoms with van der Waals surface area (Å²) in [5.41, 5.74) is 0.611. The molecule has 0 amide bonds. The summed E-state index contributed by atoms with van der Waals surface area (Å²) >= 11 is 0. The summed E-state index contributed by atoms with van der Waals surface area (Å²) in [5.74, 6) is 0.296. The van der Waals surface area contributed by atoms with Gasteiger partial charge < -0.3 is 4.74 Å². The summed E-state index contributed by atoms with van der Waals surface area (Å²) in [6, 6.07) is 0. The molecule has 1 saturated carbocycles. The highest BCUT2D eigenvalue weighted by Gasteiger charge is 2.38. The Morgan fingerprint density at radius 1 is 1.18 bits per heavy atom. The molecule has 1 aliphatic rings. The molecule has 0 aromatic carbocycles. The molecule has 1 fully saturated rings. The first-order valence-corrected chi connectivity index (χ1v) is 6.92. The monoisotopic (exact) mass is 238 g/mol. The third kappa shape index (κ3) is 4.27. The van der Waals surface area contributed by atoms with Crippen molar-refractivity contribution in [3.05, 3.63) is 12.2 Å². The fourth-order valence-electron chi connectivity index (χ4n) is 2.63. The smallest absolute Gasteiger partial charge is 0.164 e. The minimum atomic E-state index is -0.472. The van der Waals surface area contributed by atoms with Gasteiger partial charge in [0.05, 0.1) is 0 Å². The molecule has 0 radical (unpaired) electrons. The lowest BCUT2D eigenvalue weighted by molar-refractivity contribution is -0.146. The van der Waals surface area contributed by atoms with Crippen molar-refractivity contribution in [2.24, 2.45) is 0 Å². The van der Waals surface area contributed by atoms with Crippen LogP contribution >= 0.6 is 0 Å². The van der Waals surface area contributed by atoms with Crippen LogP contribution in [-0.2, 0) is 9.53 Å². The molecule has 2 heteroatoms. The van der Waals surface area contributed by atoms with E-state index in [9.17, 15) is 4.79 Å². The van der Waals surface area contributed by atoms with E-state index in [1.807, 2.05) is 13.8 Å². The van der Waals surface area contributed by atoms with Gasteiger partial charge in [0.25, 0.3) is 0 Å². The van der Waals surface area contributed by atoms with Crippen molar-refractivity contribution in [3.63, 3.8) is 0 Å². The number of hydrogen-bond donors (Lipinski definition) is 0. The maximum Gasteiger partial charge on any atom is 0.164 e. The van der Waals surface area contributed by atoms with E-state index >= 15 is 0 Å². The SMILES string of the molecule is C=C(C)CCC(=O)C1(OCC)CCCCCC1. The standard InChI is InChI=1S/C15H26O2/c1-4-17-15(11-7-5-6-8-12-15)14(16)10-9-13(2)3/h2,4-12H2,1,3H3. The van der Waals surface area contributed by atoms with Crippen molar-refractivity contribution in [1.29, 1.82) is 0 Å². The predicted octanol–water partition coefficient (Wildman–Crippen LogP) is 4.04. The number of hydrogen-bond acceptors (Lipinski definition) is 2. The zero-order valence-electron chi connectivity index (χ0n) is 11.4. The van der Waals surface area contributed by atoms with Gasteiger partial charge in [-0.3, -0.25) is 4.79 Å². The van der Waals surface area contributed by atoms with E-state index < -0.39 is 5.60 Å². The Morgan fingerprint density at radius 3 is 2.24 bits per heavy atom. The average Bonchev–Trinajstić information content (AvgIpc) is 2.53. The van der Waals surface area contributed by atoms with Gasteiger partial charge in [0.1, 0.15) is 5.60 Å². The quantitative estimate of drug-likeness (QED) is 0.515. The molecule has 0 heterocycles. The Bertz CT molecular complexity index is 260. The number of ketones is 1. The predicted molar refractivity (Wildman–Crippen MR) is 71.1 cm³/mol. The first-order valence-electron chi connectivity index (χ1n) is 6.92. The first-order chi connectivity index (χ1) is 8.10. The topological polar surface area (TPSA) is 26.3 Å². The van der Waals surface area contributed by atoms with Crippen molar-refractivity contribution in [2.45, 2.75) is 70.8 Å². The van der Waals surface area contributed by atoms with E-state index in [1.165, 1.54) is 12.8 Å². The number of rotatable bonds is 6. The van der Waals surface area contributed by atoms with Crippen molar-refractivity contribution < 1.29 is 9.53 Å². The Morgan fingerprint density at radius 2 is 1.76 bits per heavy atom. The summed E-state index contributed by atoms with van der Waals surface area (Å²) in [7, 11) is 0. The van der Waals surface area contributed by atoms with Gasteiger partial charge in [-0.05, 0) is 33.1 Å². The largest absolute Gasteiger partial charge is 0.368 e. The maximum atomic E-state index is 12.4. The van der Waals surface area contributed by atoms with Crippen molar-refractivity contribution >= 4 is 5.78 Å². The molecule has 1 rings (SSSR count). The molecular weight excluding hydrogens is 212 g/mol. The van der Waals surface area contributed by atoms with Gasteiger partial charge in [-0.25, -0.2) is 0 Å². The van der Waals surface area contributed by atoms with Crippen LogP contribution < -0.4 is 0 Å². The van der Waals surface area contributed by atoms with Crippen molar-refractivity contribution in [2.75, 3.05) is 6.61 Å². The molecule has 0 aromatic rings. The molecule has 0 unspecified atom stereocenters. The Balaban J connectivity index is 2.67. The second kappa shape index (κ2) is 6.95. The van der Waals surface area contributed by atoms with Crippen LogP contribution in [0.1, 0.15) is 65.2 Å². The number of carbonyl (C=O) groups is 1. The van der Waals surface area contributed by atoms with E-state index in [-0.39, 0.29) is 0 Å². The highest BCUT2D eigenvalue weighted by Crippen LogP contribution is 2.33. The van der Waals surface area contributed by atoms with Crippen LogP contribution in [0.25, 0.3) is 0 Å². The highest BCUT2D eigenvalue weighted by molar-refractivity contribution is 5.87. The minimum absolute atomic E-state index is 0.296. The van der Waals surface area contributed by atoms with Gasteiger partial charge in [0.2, 0.25) is 0 Å². The maximum absolute atomic E-state index is 12.4. The summed E-state index contributed by atoms with van der Waals surface area (Å²) in [6.07, 6.45) is 7.94. The van der Waals surface area contributed by atoms with E-state index in [0.29, 0.717) is 18.8 Å². The molecule has 98 valence electrons. The molecule has 2 nitrogen and oxygen atoms in total. The van der Waals surface area contributed by atoms with E-state index in [1.54, 1.807) is 0 Å². The Kier molecular flexibility index (Phi) is 5.90. The normalized spacial score (nSPS) is 19.6. The number of carbonyl (C=O) groups excluding carboxylic acids is 1. The molecule has 0 saturated heterocycles. The molecule has 17 heavy (non-hydrogen) atoms. The number of allylic oxidation sites excluding steroid dienone is 1. The van der Waals surface area contributed by atoms with Gasteiger partial charge in [-0.1, -0.05) is 31.3 Å². The fraction of sp³-hybridized carbons (Fsp3) is 0.800. The van der Waals surface area contributed by atoms with Crippen LogP contribution in [0.2, 0.25) is 0 Å². The van der Waals surface area contributed by atoms with Gasteiger partial charge in [-0.15, -0.1) is 6.58 Å². The van der Waals surface area contributed by atoms with Crippen LogP contribution in [-0.4, -0.2) is 18.0 Å². The highest BCUT2D eigenvalue weighted by atomic mass is 16.5. The first kappa shape index (κ1) is 14.4. The minimum Gasteiger partial charge on any atom is -0.368 e. The van der Waals surface area contributed by atoms with E-state index in [4.69, 9.17) is 4.74 Å². The van der Waals surface area contributed by atoms with Crippen LogP contribution in [0, 0.1) is 0 Å². The molecule has 0 spiro atoms. The molecule has 0 bridgehead atoms. The zero-order valence-corrected chi connectivity index (χ0v) is 11.4. The molecule has 0 aromatic heterocycles. The number of Topliss-reactive ketones (excluding diaryl/α,β-unsaturated/α-hetero) is 1. The third-order valence-corrected chi connectivity index (χ3v) is 3.62. The Hall–Kier alpha value is -0.630. The molecule has 0 atom stereocenters. The van der Waals surface area contributed by atoms with Gasteiger partial charge in [0.15, 0.2) is 5.78 Å². The third-order valence-electron chi connectivity index (χ3n) is 3.62. The van der Waals surface area contributed by atoms with Crippen molar-refractivity contribution in [3.8, 4) is 0 Å². The average molecular weight is 238 g/mol. The zero-order chi connectivity index (χ0) is 12.7. The van der Waals surface area contributed by atoms with Gasteiger partial charge in [-0.2, -0.15) is 0 Å². The lowest BCUT2D eigenvalue weighted by Gasteiger charge is -2.31. The van der Waals surface area contributed by atoms with E-state index in [0.717, 1.165) is 37.7 Å². The summed E-state index contributed by atoms with van der Waals surface area (Å²) in [6.45, 7) is 8.47. The second-order valence-corrected chi connectivity index (χ2v) is 5.22. The lowest BCUT2D eigenvalue weighted by Crippen LogP contribution is -2.41. The summed E-state index contributed by atoms with van der Waals surface area (Å²) < 4.78 is 5.87. The molecular formula is C15H26O2. The van der Waals surface area contributed by atoms with Crippen LogP contribution in [0.5, 0.6) is 0 Å². The molecule has 0 N–H and O–H groups in total. The van der Waals surface area contributed by atoms with Crippen LogP contribution in [0.3, 0.4) is 0 Å². The lowest BCUT2D eigenvalue weighted by atomic mass is 9.86. The second-order valence-electron chi connectivity index (χ2n) is 5.22. The Labute approximate surface area is 105 Å². The summed E-state index contributed by atoms with van der Waals surface area (Å²) in [5, 5.41) is 0. The van der Waals surface area contributed by atoms with Crippen molar-refractivity contribution in [1.82, 2.24) is 0 Å². The van der Waals surface area contributed by atoms with Gasteiger partial charge in [0, 0.05) is 13.0 Å². The molecule has 1 aliphatic carbocycles. The number of ether oxygens (including phenoxy) is 1.